The average Bonchev–Trinajstić information content (AvgIpc) is 3.43. The van der Waals surface area contributed by atoms with Crippen molar-refractivity contribution in [2.45, 2.75) is 46.2 Å². The van der Waals surface area contributed by atoms with Gasteiger partial charge in [0.05, 0.1) is 24.9 Å². The van der Waals surface area contributed by atoms with Crippen molar-refractivity contribution in [3.05, 3.63) is 77.1 Å². The van der Waals surface area contributed by atoms with E-state index in [-0.39, 0.29) is 6.04 Å². The molecule has 4 aromatic rings. The van der Waals surface area contributed by atoms with Crippen LogP contribution in [0.2, 0.25) is 0 Å². The third kappa shape index (κ3) is 5.38. The summed E-state index contributed by atoms with van der Waals surface area (Å²) >= 11 is 0. The molecule has 1 unspecified atom stereocenters. The van der Waals surface area contributed by atoms with E-state index in [9.17, 15) is 9.18 Å². The highest BCUT2D eigenvalue weighted by Crippen LogP contribution is 2.40. The van der Waals surface area contributed by atoms with Gasteiger partial charge in [-0.1, -0.05) is 19.1 Å². The summed E-state index contributed by atoms with van der Waals surface area (Å²) in [6, 6.07) is 12.2. The summed E-state index contributed by atoms with van der Waals surface area (Å²) in [4.78, 5) is 25.6. The van der Waals surface area contributed by atoms with E-state index in [4.69, 9.17) is 9.72 Å². The summed E-state index contributed by atoms with van der Waals surface area (Å²) in [5.41, 5.74) is 9.03. The molecule has 1 aromatic carbocycles. The summed E-state index contributed by atoms with van der Waals surface area (Å²) in [5.74, 6) is 0.511. The van der Waals surface area contributed by atoms with Crippen LogP contribution in [0.4, 0.5) is 10.2 Å². The molecule has 0 bridgehead atoms. The highest BCUT2D eigenvalue weighted by molar-refractivity contribution is 5.98. The van der Waals surface area contributed by atoms with Crippen LogP contribution in [0.1, 0.15) is 49.0 Å². The summed E-state index contributed by atoms with van der Waals surface area (Å²) in [5, 5.41) is 4.67. The van der Waals surface area contributed by atoms with Crippen LogP contribution in [0, 0.1) is 12.7 Å². The van der Waals surface area contributed by atoms with E-state index in [2.05, 4.69) is 70.0 Å². The molecule has 9 heteroatoms. The van der Waals surface area contributed by atoms with Crippen LogP contribution in [0.3, 0.4) is 0 Å². The lowest BCUT2D eigenvalue weighted by Gasteiger charge is -2.40. The first-order valence-corrected chi connectivity index (χ1v) is 15.1. The predicted octanol–water partition coefficient (Wildman–Crippen LogP) is 5.53. The van der Waals surface area contributed by atoms with Crippen LogP contribution in [0.15, 0.2) is 48.7 Å². The minimum atomic E-state index is -0.447. The first kappa shape index (κ1) is 28.9. The Bertz CT molecular complexity index is 1700. The Morgan fingerprint density at radius 3 is 2.72 bits per heavy atom. The zero-order valence-corrected chi connectivity index (χ0v) is 25.4. The van der Waals surface area contributed by atoms with Crippen molar-refractivity contribution in [3.63, 3.8) is 0 Å². The Balaban J connectivity index is 1.54. The zero-order valence-electron chi connectivity index (χ0n) is 25.4. The molecule has 6 rings (SSSR count). The fourth-order valence-corrected chi connectivity index (χ4v) is 6.61. The topological polar surface area (TPSA) is 75.5 Å². The number of ether oxygens (including phenoxy) is 1. The number of benzene rings is 1. The molecule has 2 aliphatic rings. The number of aromatic nitrogens is 3. The van der Waals surface area contributed by atoms with Crippen molar-refractivity contribution in [1.82, 2.24) is 24.8 Å². The number of anilines is 1. The third-order valence-electron chi connectivity index (χ3n) is 8.69. The van der Waals surface area contributed by atoms with Gasteiger partial charge in [0, 0.05) is 72.4 Å². The molecule has 5 heterocycles. The summed E-state index contributed by atoms with van der Waals surface area (Å²) < 4.78 is 21.9. The van der Waals surface area contributed by atoms with Gasteiger partial charge in [0.15, 0.2) is 11.6 Å². The lowest BCUT2D eigenvalue weighted by molar-refractivity contribution is -0.120. The number of aryl methyl sites for hydroxylation is 3. The van der Waals surface area contributed by atoms with Gasteiger partial charge >= 0.3 is 0 Å². The Labute approximate surface area is 252 Å². The summed E-state index contributed by atoms with van der Waals surface area (Å²) in [6.07, 6.45) is 6.31. The molecule has 1 atom stereocenters. The monoisotopic (exact) mass is 582 g/mol. The standard InChI is InChI=1S/C34H39FN6O2/c1-5-29-27(10-9-22(3)38-29)28-15-24(14-25-16-30(41(6-2)33(25)28)23-8-7-11-36-18-23)31-20-39(12-13-40(31)21-42)34-32(43-4)17-26(35)19-37-34/h8-10,14-17,19,21,31,36H,5-7,11-13,18,20H2,1-4H3. The van der Waals surface area contributed by atoms with Crippen LogP contribution < -0.4 is 15.0 Å². The van der Waals surface area contributed by atoms with Crippen molar-refractivity contribution >= 4 is 28.7 Å². The number of hydrogen-bond donors (Lipinski definition) is 1. The third-order valence-corrected chi connectivity index (χ3v) is 8.69. The van der Waals surface area contributed by atoms with E-state index in [1.54, 1.807) is 0 Å². The second-order valence-corrected chi connectivity index (χ2v) is 11.3. The van der Waals surface area contributed by atoms with Crippen molar-refractivity contribution in [1.29, 1.82) is 0 Å². The Morgan fingerprint density at radius 2 is 2.00 bits per heavy atom. The number of methoxy groups -OCH3 is 1. The molecule has 1 amide bonds. The van der Waals surface area contributed by atoms with E-state index in [0.29, 0.717) is 31.2 Å². The molecular weight excluding hydrogens is 543 g/mol. The van der Waals surface area contributed by atoms with Crippen molar-refractivity contribution in [2.24, 2.45) is 0 Å². The molecule has 43 heavy (non-hydrogen) atoms. The molecule has 1 fully saturated rings. The molecule has 1 N–H and O–H groups in total. The van der Waals surface area contributed by atoms with E-state index in [1.807, 2.05) is 11.8 Å². The minimum Gasteiger partial charge on any atom is -0.493 e. The van der Waals surface area contributed by atoms with Crippen molar-refractivity contribution in [2.75, 3.05) is 44.7 Å². The number of rotatable bonds is 8. The van der Waals surface area contributed by atoms with Crippen LogP contribution in [0.5, 0.6) is 5.75 Å². The van der Waals surface area contributed by atoms with Crippen LogP contribution in [-0.2, 0) is 17.8 Å². The van der Waals surface area contributed by atoms with E-state index in [1.165, 1.54) is 36.2 Å². The molecule has 0 saturated carbocycles. The number of nitrogens with one attached hydrogen (secondary N) is 1. The predicted molar refractivity (Wildman–Crippen MR) is 169 cm³/mol. The van der Waals surface area contributed by atoms with E-state index < -0.39 is 5.82 Å². The number of carbonyl (C=O) groups is 1. The van der Waals surface area contributed by atoms with Gasteiger partial charge < -0.3 is 24.4 Å². The average molecular weight is 583 g/mol. The summed E-state index contributed by atoms with van der Waals surface area (Å²) in [7, 11) is 1.52. The number of hydrogen-bond acceptors (Lipinski definition) is 6. The maximum absolute atomic E-state index is 14.0. The van der Waals surface area contributed by atoms with Gasteiger partial charge in [0.1, 0.15) is 5.82 Å². The molecule has 0 spiro atoms. The maximum Gasteiger partial charge on any atom is 0.210 e. The van der Waals surface area contributed by atoms with Gasteiger partial charge in [-0.25, -0.2) is 9.37 Å². The smallest absolute Gasteiger partial charge is 0.210 e. The number of fused-ring (bicyclic) bond motifs is 1. The normalized spacial score (nSPS) is 17.3. The van der Waals surface area contributed by atoms with Gasteiger partial charge in [-0.15, -0.1) is 0 Å². The molecule has 0 radical (unpaired) electrons. The second kappa shape index (κ2) is 12.2. The first-order chi connectivity index (χ1) is 20.9. The van der Waals surface area contributed by atoms with Crippen LogP contribution in [-0.4, -0.2) is 65.7 Å². The zero-order chi connectivity index (χ0) is 30.1. The SMILES string of the molecule is CCc1nc(C)ccc1-c1cc(C2CN(c3ncc(F)cc3OC)CCN2C=O)cc2cc(C3=CCCNC3)n(CC)c12. The maximum atomic E-state index is 14.0. The number of carbonyl (C=O) groups excluding carboxylic acids is 1. The fourth-order valence-electron chi connectivity index (χ4n) is 6.61. The van der Waals surface area contributed by atoms with Gasteiger partial charge in [-0.05, 0) is 68.6 Å². The quantitative estimate of drug-likeness (QED) is 0.275. The number of nitrogens with zero attached hydrogens (tertiary/aromatic N) is 5. The van der Waals surface area contributed by atoms with E-state index >= 15 is 0 Å². The number of amides is 1. The van der Waals surface area contributed by atoms with Crippen LogP contribution >= 0.6 is 0 Å². The lowest BCUT2D eigenvalue weighted by atomic mass is 9.93. The Hall–Kier alpha value is -4.24. The van der Waals surface area contributed by atoms with Crippen molar-refractivity contribution < 1.29 is 13.9 Å². The van der Waals surface area contributed by atoms with Crippen LogP contribution in [0.25, 0.3) is 27.6 Å². The first-order valence-electron chi connectivity index (χ1n) is 15.1. The summed E-state index contributed by atoms with van der Waals surface area (Å²) in [6.45, 7) is 10.6. The molecular formula is C34H39FN6O2. The van der Waals surface area contributed by atoms with E-state index in [0.717, 1.165) is 72.4 Å². The Kier molecular flexibility index (Phi) is 8.17. The van der Waals surface area contributed by atoms with Gasteiger partial charge in [0.25, 0.3) is 0 Å². The molecule has 1 saturated heterocycles. The Morgan fingerprint density at radius 1 is 1.14 bits per heavy atom. The number of piperazine rings is 1. The lowest BCUT2D eigenvalue weighted by Crippen LogP contribution is -2.48. The molecule has 224 valence electrons. The molecule has 8 nitrogen and oxygen atoms in total. The molecule has 2 aliphatic heterocycles. The number of pyridine rings is 2. The number of halogens is 1. The largest absolute Gasteiger partial charge is 0.493 e. The molecule has 0 aliphatic carbocycles. The highest BCUT2D eigenvalue weighted by atomic mass is 19.1. The highest BCUT2D eigenvalue weighted by Gasteiger charge is 2.31. The van der Waals surface area contributed by atoms with Crippen molar-refractivity contribution in [3.8, 4) is 16.9 Å². The van der Waals surface area contributed by atoms with Gasteiger partial charge in [-0.2, -0.15) is 0 Å². The van der Waals surface area contributed by atoms with Gasteiger partial charge in [0.2, 0.25) is 6.41 Å². The molecule has 3 aromatic heterocycles. The fraction of sp³-hybridized carbons (Fsp3) is 0.382. The van der Waals surface area contributed by atoms with Gasteiger partial charge in [-0.3, -0.25) is 9.78 Å². The minimum absolute atomic E-state index is 0.238. The second-order valence-electron chi connectivity index (χ2n) is 11.3.